The van der Waals surface area contributed by atoms with Gasteiger partial charge in [-0.1, -0.05) is 0 Å². The van der Waals surface area contributed by atoms with Gasteiger partial charge in [-0.15, -0.1) is 11.8 Å². The highest BCUT2D eigenvalue weighted by atomic mass is 32.2. The molecule has 3 aliphatic rings. The zero-order valence-electron chi connectivity index (χ0n) is 11.7. The van der Waals surface area contributed by atoms with Crippen LogP contribution in [-0.2, 0) is 9.59 Å². The van der Waals surface area contributed by atoms with Gasteiger partial charge >= 0.3 is 5.97 Å². The van der Waals surface area contributed by atoms with E-state index in [0.717, 1.165) is 31.6 Å². The van der Waals surface area contributed by atoms with Crippen LogP contribution in [0.3, 0.4) is 0 Å². The largest absolute Gasteiger partial charge is 0.476 e. The standard InChI is InChI=1S/C13H19N3O3S/c1-7-10(16(2)5-3-4-6-16)9(13(18)19)15-11(17)8(14)12(15)20-7/h7-8,12H,3-6,14H2,1-2H3/p+1/t7?,8-,12-/m1/s1. The zero-order valence-corrected chi connectivity index (χ0v) is 12.5. The number of nitrogens with zero attached hydrogens (tertiary/aromatic N) is 2. The van der Waals surface area contributed by atoms with E-state index in [1.165, 1.54) is 4.90 Å². The van der Waals surface area contributed by atoms with Gasteiger partial charge in [0.25, 0.3) is 0 Å². The molecule has 0 bridgehead atoms. The molecule has 3 atom stereocenters. The molecule has 3 rings (SSSR count). The summed E-state index contributed by atoms with van der Waals surface area (Å²) in [5.41, 5.74) is 6.85. The number of likely N-dealkylation sites (tertiary alicyclic amines) is 1. The van der Waals surface area contributed by atoms with Crippen LogP contribution in [0.2, 0.25) is 0 Å². The first-order valence-electron chi connectivity index (χ1n) is 6.93. The van der Waals surface area contributed by atoms with Crippen molar-refractivity contribution in [2.24, 2.45) is 5.73 Å². The van der Waals surface area contributed by atoms with E-state index in [4.69, 9.17) is 5.73 Å². The van der Waals surface area contributed by atoms with Crippen molar-refractivity contribution in [3.63, 3.8) is 0 Å². The number of fused-ring (bicyclic) bond motifs is 1. The number of hydrogen-bond donors (Lipinski definition) is 2. The van der Waals surface area contributed by atoms with Gasteiger partial charge in [0.1, 0.15) is 11.4 Å². The van der Waals surface area contributed by atoms with Gasteiger partial charge in [0.05, 0.1) is 25.4 Å². The first kappa shape index (κ1) is 13.9. The van der Waals surface area contributed by atoms with Crippen molar-refractivity contribution >= 4 is 23.6 Å². The van der Waals surface area contributed by atoms with Crippen molar-refractivity contribution in [3.05, 3.63) is 11.4 Å². The molecule has 0 spiro atoms. The quantitative estimate of drug-likeness (QED) is 0.560. The van der Waals surface area contributed by atoms with E-state index in [2.05, 4.69) is 7.05 Å². The summed E-state index contributed by atoms with van der Waals surface area (Å²) in [5, 5.41) is 9.47. The van der Waals surface area contributed by atoms with E-state index in [1.54, 1.807) is 11.8 Å². The molecule has 1 unspecified atom stereocenters. The van der Waals surface area contributed by atoms with Gasteiger partial charge in [0, 0.05) is 12.8 Å². The second-order valence-electron chi connectivity index (χ2n) is 5.99. The Morgan fingerprint density at radius 1 is 1.45 bits per heavy atom. The van der Waals surface area contributed by atoms with Crippen molar-refractivity contribution in [1.82, 2.24) is 4.90 Å². The van der Waals surface area contributed by atoms with Crippen LogP contribution in [0.25, 0.3) is 0 Å². The minimum Gasteiger partial charge on any atom is -0.476 e. The predicted molar refractivity (Wildman–Crippen MR) is 75.5 cm³/mol. The minimum absolute atomic E-state index is 0.0737. The molecule has 3 heterocycles. The lowest BCUT2D eigenvalue weighted by atomic mass is 10.0. The Balaban J connectivity index is 2.11. The average molecular weight is 298 g/mol. The van der Waals surface area contributed by atoms with Crippen LogP contribution in [-0.4, -0.2) is 63.2 Å². The van der Waals surface area contributed by atoms with E-state index in [9.17, 15) is 14.7 Å². The Hall–Kier alpha value is -1.05. The van der Waals surface area contributed by atoms with Crippen molar-refractivity contribution in [3.8, 4) is 0 Å². The number of quaternary nitrogens is 1. The summed E-state index contributed by atoms with van der Waals surface area (Å²) in [4.78, 5) is 25.1. The molecular formula is C13H20N3O3S+. The second kappa shape index (κ2) is 4.47. The predicted octanol–water partition coefficient (Wildman–Crippen LogP) is 0.154. The number of rotatable bonds is 2. The molecule has 0 radical (unpaired) electrons. The Morgan fingerprint density at radius 2 is 2.05 bits per heavy atom. The normalized spacial score (nSPS) is 35.9. The van der Waals surface area contributed by atoms with Crippen LogP contribution in [0.1, 0.15) is 19.8 Å². The Bertz CT molecular complexity index is 513. The van der Waals surface area contributed by atoms with Crippen LogP contribution >= 0.6 is 11.8 Å². The number of carbonyl (C=O) groups is 2. The maximum Gasteiger partial charge on any atom is 0.358 e. The Labute approximate surface area is 122 Å². The lowest BCUT2D eigenvalue weighted by molar-refractivity contribution is -0.861. The molecule has 3 N–H and O–H groups in total. The summed E-state index contributed by atoms with van der Waals surface area (Å²) in [6.07, 6.45) is 2.20. The molecule has 20 heavy (non-hydrogen) atoms. The maximum atomic E-state index is 12.0. The Morgan fingerprint density at radius 3 is 2.60 bits per heavy atom. The molecule has 0 aromatic heterocycles. The highest BCUT2D eigenvalue weighted by molar-refractivity contribution is 8.00. The van der Waals surface area contributed by atoms with Crippen molar-refractivity contribution in [2.45, 2.75) is 36.4 Å². The SMILES string of the molecule is CC1S[C@@H]2[C@H](N)C(=O)N2C(C(=O)O)=C1[N+]1(C)CCCC1. The van der Waals surface area contributed by atoms with Gasteiger partial charge in [-0.25, -0.2) is 4.79 Å². The molecule has 110 valence electrons. The minimum atomic E-state index is -1.01. The molecule has 7 heteroatoms. The van der Waals surface area contributed by atoms with Crippen LogP contribution in [0.4, 0.5) is 0 Å². The molecule has 0 aromatic rings. The average Bonchev–Trinajstić information content (AvgIpc) is 2.84. The van der Waals surface area contributed by atoms with E-state index >= 15 is 0 Å². The summed E-state index contributed by atoms with van der Waals surface area (Å²) in [7, 11) is 2.08. The molecule has 2 saturated heterocycles. The molecule has 3 aliphatic heterocycles. The summed E-state index contributed by atoms with van der Waals surface area (Å²) >= 11 is 1.61. The Kier molecular flexibility index (Phi) is 3.11. The van der Waals surface area contributed by atoms with E-state index in [-0.39, 0.29) is 22.2 Å². The molecule has 0 aromatic carbocycles. The van der Waals surface area contributed by atoms with Gasteiger partial charge in [-0.2, -0.15) is 0 Å². The van der Waals surface area contributed by atoms with Crippen LogP contribution in [0.15, 0.2) is 11.4 Å². The van der Waals surface area contributed by atoms with E-state index in [0.29, 0.717) is 4.48 Å². The van der Waals surface area contributed by atoms with Gasteiger partial charge in [0.2, 0.25) is 5.91 Å². The fourth-order valence-electron chi connectivity index (χ4n) is 3.64. The lowest BCUT2D eigenvalue weighted by Gasteiger charge is -2.51. The number of carboxylic acids is 1. The fourth-order valence-corrected chi connectivity index (χ4v) is 5.17. The van der Waals surface area contributed by atoms with Crippen molar-refractivity contribution in [2.75, 3.05) is 20.1 Å². The number of hydrogen-bond acceptors (Lipinski definition) is 4. The fraction of sp³-hybridized carbons (Fsp3) is 0.692. The topological polar surface area (TPSA) is 83.6 Å². The second-order valence-corrected chi connectivity index (χ2v) is 7.45. The highest BCUT2D eigenvalue weighted by Gasteiger charge is 2.57. The monoisotopic (exact) mass is 298 g/mol. The number of carboxylic acid groups (broad SMARTS) is 1. The van der Waals surface area contributed by atoms with Gasteiger partial charge in [-0.05, 0) is 6.92 Å². The number of carbonyl (C=O) groups excluding carboxylic acids is 1. The van der Waals surface area contributed by atoms with Crippen LogP contribution in [0.5, 0.6) is 0 Å². The number of β-lactam (4-membered cyclic amide) rings is 1. The third-order valence-electron chi connectivity index (χ3n) is 4.63. The number of nitrogens with two attached hydrogens (primary N) is 1. The summed E-state index contributed by atoms with van der Waals surface area (Å²) in [5.74, 6) is -1.28. The summed E-state index contributed by atoms with van der Waals surface area (Å²) in [6.45, 7) is 3.91. The lowest BCUT2D eigenvalue weighted by Crippen LogP contribution is -2.70. The molecule has 0 aliphatic carbocycles. The van der Waals surface area contributed by atoms with Crippen molar-refractivity contribution < 1.29 is 19.2 Å². The first-order valence-corrected chi connectivity index (χ1v) is 7.88. The number of aliphatic carboxylic acids is 1. The van der Waals surface area contributed by atoms with Gasteiger partial charge in [0.15, 0.2) is 11.4 Å². The third-order valence-corrected chi connectivity index (χ3v) is 6.05. The molecule has 0 saturated carbocycles. The first-order chi connectivity index (χ1) is 9.37. The van der Waals surface area contributed by atoms with E-state index in [1.807, 2.05) is 6.92 Å². The summed E-state index contributed by atoms with van der Waals surface area (Å²) < 4.78 is 0.640. The smallest absolute Gasteiger partial charge is 0.358 e. The molecular weight excluding hydrogens is 278 g/mol. The zero-order chi connectivity index (χ0) is 14.7. The molecule has 1 amide bonds. The third kappa shape index (κ3) is 1.73. The van der Waals surface area contributed by atoms with Gasteiger partial charge in [-0.3, -0.25) is 14.2 Å². The highest BCUT2D eigenvalue weighted by Crippen LogP contribution is 2.46. The van der Waals surface area contributed by atoms with Gasteiger partial charge < -0.3 is 10.8 Å². The molecule has 2 fully saturated rings. The summed E-state index contributed by atoms with van der Waals surface area (Å²) in [6, 6.07) is -0.567. The van der Waals surface area contributed by atoms with Crippen LogP contribution < -0.4 is 5.73 Å². The van der Waals surface area contributed by atoms with E-state index < -0.39 is 12.0 Å². The number of thioether (sulfide) groups is 1. The maximum absolute atomic E-state index is 12.0. The number of amides is 1. The van der Waals surface area contributed by atoms with Crippen molar-refractivity contribution in [1.29, 1.82) is 0 Å². The molecule has 6 nitrogen and oxygen atoms in total. The van der Waals surface area contributed by atoms with Crippen LogP contribution in [0, 0.1) is 0 Å².